The van der Waals surface area contributed by atoms with E-state index in [9.17, 15) is 18.0 Å². The van der Waals surface area contributed by atoms with Crippen molar-refractivity contribution in [3.8, 4) is 0 Å². The Labute approximate surface area is 112 Å². The highest BCUT2D eigenvalue weighted by molar-refractivity contribution is 6.30. The first-order chi connectivity index (χ1) is 8.97. The molecule has 0 aliphatic rings. The summed E-state index contributed by atoms with van der Waals surface area (Å²) in [6, 6.07) is 6.51. The van der Waals surface area contributed by atoms with Gasteiger partial charge in [-0.1, -0.05) is 17.7 Å². The molecule has 0 saturated carbocycles. The number of hydrogen-bond donors (Lipinski definition) is 0. The van der Waals surface area contributed by atoms with Gasteiger partial charge in [-0.25, -0.2) is 13.2 Å². The van der Waals surface area contributed by atoms with Crippen LogP contribution in [0.4, 0.5) is 13.2 Å². The van der Waals surface area contributed by atoms with E-state index in [1.54, 1.807) is 0 Å². The van der Waals surface area contributed by atoms with Gasteiger partial charge < -0.3 is 0 Å². The molecule has 0 aliphatic carbocycles. The smallest absolute Gasteiger partial charge is 0.170 e. The second-order valence-corrected chi connectivity index (χ2v) is 4.40. The molecule has 0 radical (unpaired) electrons. The molecule has 0 N–H and O–H groups in total. The van der Waals surface area contributed by atoms with Gasteiger partial charge in [-0.2, -0.15) is 0 Å². The van der Waals surface area contributed by atoms with Crippen LogP contribution in [-0.2, 0) is 6.42 Å². The molecule has 0 aromatic heterocycles. The lowest BCUT2D eigenvalue weighted by Crippen LogP contribution is -2.07. The monoisotopic (exact) mass is 284 g/mol. The van der Waals surface area contributed by atoms with Gasteiger partial charge in [0.2, 0.25) is 0 Å². The predicted octanol–water partition coefficient (Wildman–Crippen LogP) is 4.18. The number of halogens is 4. The zero-order valence-electron chi connectivity index (χ0n) is 9.59. The summed E-state index contributed by atoms with van der Waals surface area (Å²) in [4.78, 5) is 11.8. The van der Waals surface area contributed by atoms with Crippen molar-refractivity contribution in [1.29, 1.82) is 0 Å². The van der Waals surface area contributed by atoms with E-state index in [2.05, 4.69) is 0 Å². The van der Waals surface area contributed by atoms with Gasteiger partial charge in [-0.05, 0) is 29.8 Å². The van der Waals surface area contributed by atoms with E-state index in [4.69, 9.17) is 11.6 Å². The molecule has 0 heterocycles. The van der Waals surface area contributed by atoms with Gasteiger partial charge >= 0.3 is 0 Å². The Bertz CT molecular complexity index is 641. The highest BCUT2D eigenvalue weighted by atomic mass is 35.5. The average molecular weight is 285 g/mol. The van der Waals surface area contributed by atoms with E-state index in [1.165, 1.54) is 12.1 Å². The Kier molecular flexibility index (Phi) is 3.90. The summed E-state index contributed by atoms with van der Waals surface area (Å²) in [5, 5.41) is 0.210. The number of carbonyl (C=O) groups excluding carboxylic acids is 1. The van der Waals surface area contributed by atoms with E-state index < -0.39 is 23.2 Å². The summed E-state index contributed by atoms with van der Waals surface area (Å²) in [6.45, 7) is 0. The summed E-state index contributed by atoms with van der Waals surface area (Å²) in [5.74, 6) is -2.99. The number of Topliss-reactive ketones (excluding diaryl/α,β-unsaturated/α-hetero) is 1. The van der Waals surface area contributed by atoms with Crippen LogP contribution in [0.15, 0.2) is 36.4 Å². The van der Waals surface area contributed by atoms with Gasteiger partial charge in [-0.3, -0.25) is 4.79 Å². The van der Waals surface area contributed by atoms with Crippen LogP contribution in [-0.4, -0.2) is 5.78 Å². The minimum absolute atomic E-state index is 0.109. The van der Waals surface area contributed by atoms with Crippen molar-refractivity contribution in [1.82, 2.24) is 0 Å². The van der Waals surface area contributed by atoms with Crippen molar-refractivity contribution in [3.05, 3.63) is 70.0 Å². The van der Waals surface area contributed by atoms with Crippen molar-refractivity contribution in [2.24, 2.45) is 0 Å². The Hall–Kier alpha value is -1.81. The molecule has 0 unspecified atom stereocenters. The molecule has 0 amide bonds. The largest absolute Gasteiger partial charge is 0.294 e. The molecule has 19 heavy (non-hydrogen) atoms. The van der Waals surface area contributed by atoms with E-state index in [0.29, 0.717) is 6.07 Å². The first-order valence-electron chi connectivity index (χ1n) is 5.39. The van der Waals surface area contributed by atoms with Crippen LogP contribution < -0.4 is 0 Å². The van der Waals surface area contributed by atoms with Gasteiger partial charge in [0.15, 0.2) is 5.78 Å². The molecule has 1 nitrogen and oxygen atoms in total. The van der Waals surface area contributed by atoms with Crippen molar-refractivity contribution < 1.29 is 18.0 Å². The summed E-state index contributed by atoms with van der Waals surface area (Å²) in [5.41, 5.74) is -0.158. The second-order valence-electron chi connectivity index (χ2n) is 3.96. The summed E-state index contributed by atoms with van der Waals surface area (Å²) in [7, 11) is 0. The summed E-state index contributed by atoms with van der Waals surface area (Å²) < 4.78 is 39.6. The van der Waals surface area contributed by atoms with Gasteiger partial charge in [0.25, 0.3) is 0 Å². The van der Waals surface area contributed by atoms with Crippen LogP contribution >= 0.6 is 11.6 Å². The molecule has 2 aromatic carbocycles. The van der Waals surface area contributed by atoms with Gasteiger partial charge in [0.1, 0.15) is 17.5 Å². The lowest BCUT2D eigenvalue weighted by Gasteiger charge is -2.04. The standard InChI is InChI=1S/C14H8ClF3O/c15-9-2-1-8(12(17)6-9)5-14(19)11-4-3-10(16)7-13(11)18/h1-4,6-7H,5H2. The Morgan fingerprint density at radius 1 is 1.00 bits per heavy atom. The number of hydrogen-bond acceptors (Lipinski definition) is 1. The first kappa shape index (κ1) is 13.6. The van der Waals surface area contributed by atoms with Crippen molar-refractivity contribution >= 4 is 17.4 Å². The second kappa shape index (κ2) is 5.45. The van der Waals surface area contributed by atoms with Crippen LogP contribution in [0, 0.1) is 17.5 Å². The SMILES string of the molecule is O=C(Cc1ccc(Cl)cc1F)c1ccc(F)cc1F. The van der Waals surface area contributed by atoms with Gasteiger partial charge in [0.05, 0.1) is 5.56 Å². The van der Waals surface area contributed by atoms with Crippen LogP contribution in [0.5, 0.6) is 0 Å². The number of rotatable bonds is 3. The average Bonchev–Trinajstić information content (AvgIpc) is 2.32. The lowest BCUT2D eigenvalue weighted by atomic mass is 10.0. The third-order valence-electron chi connectivity index (χ3n) is 2.60. The van der Waals surface area contributed by atoms with Crippen LogP contribution in [0.3, 0.4) is 0 Å². The zero-order chi connectivity index (χ0) is 14.0. The van der Waals surface area contributed by atoms with Crippen LogP contribution in [0.1, 0.15) is 15.9 Å². The summed E-state index contributed by atoms with van der Waals surface area (Å²) >= 11 is 5.59. The van der Waals surface area contributed by atoms with Crippen LogP contribution in [0.25, 0.3) is 0 Å². The maximum Gasteiger partial charge on any atom is 0.170 e. The van der Waals surface area contributed by atoms with Gasteiger partial charge in [-0.15, -0.1) is 0 Å². The molecule has 0 spiro atoms. The Morgan fingerprint density at radius 2 is 1.74 bits per heavy atom. The molecule has 0 saturated heterocycles. The first-order valence-corrected chi connectivity index (χ1v) is 5.77. The molecule has 5 heteroatoms. The lowest BCUT2D eigenvalue weighted by molar-refractivity contribution is 0.0988. The molecule has 98 valence electrons. The number of ketones is 1. The molecule has 0 aliphatic heterocycles. The zero-order valence-corrected chi connectivity index (χ0v) is 10.3. The Balaban J connectivity index is 2.25. The summed E-state index contributed by atoms with van der Waals surface area (Å²) in [6.07, 6.45) is -0.314. The molecule has 0 atom stereocenters. The van der Waals surface area contributed by atoms with E-state index in [1.807, 2.05) is 0 Å². The fourth-order valence-electron chi connectivity index (χ4n) is 1.65. The van der Waals surface area contributed by atoms with E-state index in [0.717, 1.165) is 18.2 Å². The maximum atomic E-state index is 13.5. The molecular formula is C14H8ClF3O. The molecule has 0 bridgehead atoms. The molecule has 2 aromatic rings. The van der Waals surface area contributed by atoms with Crippen molar-refractivity contribution in [2.75, 3.05) is 0 Å². The fourth-order valence-corrected chi connectivity index (χ4v) is 1.81. The minimum Gasteiger partial charge on any atom is -0.294 e. The van der Waals surface area contributed by atoms with Crippen LogP contribution in [0.2, 0.25) is 5.02 Å². The highest BCUT2D eigenvalue weighted by Gasteiger charge is 2.15. The maximum absolute atomic E-state index is 13.5. The third kappa shape index (κ3) is 3.15. The molecule has 0 fully saturated rings. The fraction of sp³-hybridized carbons (Fsp3) is 0.0714. The molecule has 2 rings (SSSR count). The highest BCUT2D eigenvalue weighted by Crippen LogP contribution is 2.18. The quantitative estimate of drug-likeness (QED) is 0.773. The topological polar surface area (TPSA) is 17.1 Å². The number of carbonyl (C=O) groups is 1. The molecular weight excluding hydrogens is 277 g/mol. The van der Waals surface area contributed by atoms with Crippen molar-refractivity contribution in [3.63, 3.8) is 0 Å². The van der Waals surface area contributed by atoms with E-state index in [-0.39, 0.29) is 22.6 Å². The number of benzene rings is 2. The normalized spacial score (nSPS) is 10.5. The van der Waals surface area contributed by atoms with E-state index >= 15 is 0 Å². The van der Waals surface area contributed by atoms with Gasteiger partial charge in [0, 0.05) is 17.5 Å². The minimum atomic E-state index is -0.959. The Morgan fingerprint density at radius 3 is 2.37 bits per heavy atom. The predicted molar refractivity (Wildman–Crippen MR) is 65.8 cm³/mol. The van der Waals surface area contributed by atoms with Crippen molar-refractivity contribution in [2.45, 2.75) is 6.42 Å². The third-order valence-corrected chi connectivity index (χ3v) is 2.83.